The van der Waals surface area contributed by atoms with Gasteiger partial charge in [-0.05, 0) is 63.2 Å². The lowest BCUT2D eigenvalue weighted by Crippen LogP contribution is -3.06. The van der Waals surface area contributed by atoms with Gasteiger partial charge in [0.2, 0.25) is 0 Å². The van der Waals surface area contributed by atoms with Crippen molar-refractivity contribution in [3.05, 3.63) is 48.0 Å². The maximum atomic E-state index is 13.4. The van der Waals surface area contributed by atoms with Crippen LogP contribution in [-0.4, -0.2) is 50.8 Å². The van der Waals surface area contributed by atoms with Crippen LogP contribution in [0.3, 0.4) is 0 Å². The fraction of sp³-hybridized carbons (Fsp3) is 0.391. The Morgan fingerprint density at radius 1 is 1.13 bits per heavy atom. The van der Waals surface area contributed by atoms with E-state index < -0.39 is 0 Å². The second kappa shape index (κ2) is 9.91. The van der Waals surface area contributed by atoms with E-state index >= 15 is 0 Å². The molecule has 1 aromatic heterocycles. The van der Waals surface area contributed by atoms with E-state index in [2.05, 4.69) is 14.1 Å². The molecule has 1 heterocycles. The first-order valence-electron chi connectivity index (χ1n) is 10.3. The highest BCUT2D eigenvalue weighted by Crippen LogP contribution is 2.32. The summed E-state index contributed by atoms with van der Waals surface area (Å²) in [5.74, 6) is 1.52. The predicted octanol–water partition coefficient (Wildman–Crippen LogP) is 3.27. The molecular weight excluding hydrogens is 398 g/mol. The highest BCUT2D eigenvalue weighted by molar-refractivity contribution is 7.22. The van der Waals surface area contributed by atoms with Crippen LogP contribution in [0, 0.1) is 0 Å². The van der Waals surface area contributed by atoms with Crippen LogP contribution in [0.25, 0.3) is 10.2 Å². The third kappa shape index (κ3) is 5.49. The highest BCUT2D eigenvalue weighted by atomic mass is 32.1. The fourth-order valence-electron chi connectivity index (χ4n) is 2.99. The van der Waals surface area contributed by atoms with Gasteiger partial charge in [-0.2, -0.15) is 0 Å². The number of anilines is 1. The first-order chi connectivity index (χ1) is 14.4. The normalized spacial score (nSPS) is 11.3. The summed E-state index contributed by atoms with van der Waals surface area (Å²) >= 11 is 1.51. The van der Waals surface area contributed by atoms with Gasteiger partial charge < -0.3 is 14.4 Å². The van der Waals surface area contributed by atoms with E-state index in [4.69, 9.17) is 14.5 Å². The van der Waals surface area contributed by atoms with E-state index in [9.17, 15) is 4.79 Å². The second-order valence-corrected chi connectivity index (χ2v) is 8.67. The lowest BCUT2D eigenvalue weighted by molar-refractivity contribution is -0.856. The minimum atomic E-state index is -0.0589. The quantitative estimate of drug-likeness (QED) is 0.568. The molecule has 3 rings (SSSR count). The van der Waals surface area contributed by atoms with Crippen molar-refractivity contribution in [2.45, 2.75) is 26.9 Å². The molecule has 0 atom stereocenters. The first kappa shape index (κ1) is 22.1. The van der Waals surface area contributed by atoms with Gasteiger partial charge in [-0.25, -0.2) is 4.98 Å². The zero-order valence-corrected chi connectivity index (χ0v) is 19.1. The van der Waals surface area contributed by atoms with Crippen LogP contribution >= 0.6 is 11.3 Å². The van der Waals surface area contributed by atoms with Gasteiger partial charge in [-0.3, -0.25) is 9.69 Å². The number of aromatic nitrogens is 1. The number of rotatable bonds is 9. The van der Waals surface area contributed by atoms with Crippen molar-refractivity contribution in [3.8, 4) is 11.5 Å². The number of fused-ring (bicyclic) bond motifs is 1. The molecular formula is C23H30N3O3S+. The van der Waals surface area contributed by atoms with Crippen molar-refractivity contribution < 1.29 is 19.2 Å². The number of benzene rings is 2. The van der Waals surface area contributed by atoms with E-state index in [1.807, 2.05) is 63.2 Å². The van der Waals surface area contributed by atoms with Gasteiger partial charge in [0.25, 0.3) is 5.91 Å². The molecule has 160 valence electrons. The van der Waals surface area contributed by atoms with Crippen LogP contribution in [0.15, 0.2) is 42.5 Å². The van der Waals surface area contributed by atoms with E-state index in [0.29, 0.717) is 23.8 Å². The lowest BCUT2D eigenvalue weighted by atomic mass is 10.2. The van der Waals surface area contributed by atoms with Gasteiger partial charge in [0.15, 0.2) is 5.13 Å². The number of amides is 1. The van der Waals surface area contributed by atoms with Gasteiger partial charge in [-0.15, -0.1) is 0 Å². The van der Waals surface area contributed by atoms with Gasteiger partial charge in [-0.1, -0.05) is 11.3 Å². The van der Waals surface area contributed by atoms with Crippen LogP contribution in [-0.2, 0) is 0 Å². The van der Waals surface area contributed by atoms with Crippen molar-refractivity contribution in [1.29, 1.82) is 0 Å². The average molecular weight is 429 g/mol. The number of carbonyl (C=O) groups excluding carboxylic acids is 1. The molecule has 0 aliphatic rings. The Bertz CT molecular complexity index is 983. The third-order valence-corrected chi connectivity index (χ3v) is 5.49. The zero-order chi connectivity index (χ0) is 21.7. The number of thiazole rings is 1. The van der Waals surface area contributed by atoms with Gasteiger partial charge in [0.1, 0.15) is 11.5 Å². The number of nitrogens with zero attached hydrogens (tertiary/aromatic N) is 2. The second-order valence-electron chi connectivity index (χ2n) is 7.66. The van der Waals surface area contributed by atoms with Crippen LogP contribution in [0.2, 0.25) is 0 Å². The largest absolute Gasteiger partial charge is 0.494 e. The lowest BCUT2D eigenvalue weighted by Gasteiger charge is -2.21. The average Bonchev–Trinajstić information content (AvgIpc) is 3.11. The van der Waals surface area contributed by atoms with Crippen LogP contribution in [0.4, 0.5) is 5.13 Å². The molecule has 0 bridgehead atoms. The van der Waals surface area contributed by atoms with E-state index in [1.165, 1.54) is 16.2 Å². The fourth-order valence-corrected chi connectivity index (χ4v) is 4.01. The summed E-state index contributed by atoms with van der Waals surface area (Å²) in [7, 11) is 4.15. The molecule has 0 aliphatic carbocycles. The van der Waals surface area contributed by atoms with Gasteiger partial charge in [0.05, 0.1) is 50.1 Å². The van der Waals surface area contributed by atoms with E-state index in [0.717, 1.165) is 28.3 Å². The number of nitrogens with one attached hydrogen (secondary N) is 1. The number of quaternary nitrogens is 1. The summed E-state index contributed by atoms with van der Waals surface area (Å²) in [6, 6.07) is 13.2. The summed E-state index contributed by atoms with van der Waals surface area (Å²) in [5.41, 5.74) is 1.49. The topological polar surface area (TPSA) is 56.1 Å². The van der Waals surface area contributed by atoms with Crippen molar-refractivity contribution in [1.82, 2.24) is 4.98 Å². The smallest absolute Gasteiger partial charge is 0.260 e. The molecule has 0 unspecified atom stereocenters. The number of ether oxygens (including phenoxy) is 2. The Morgan fingerprint density at radius 3 is 2.47 bits per heavy atom. The monoisotopic (exact) mass is 428 g/mol. The highest BCUT2D eigenvalue weighted by Gasteiger charge is 2.22. The molecule has 0 saturated heterocycles. The molecule has 0 fully saturated rings. The molecule has 0 radical (unpaired) electrons. The number of likely N-dealkylation sites (N-methyl/N-ethyl adjacent to an activating group) is 1. The summed E-state index contributed by atoms with van der Waals surface area (Å²) in [4.78, 5) is 21.1. The Hall–Kier alpha value is -2.64. The number of hydrogen-bond acceptors (Lipinski definition) is 5. The van der Waals surface area contributed by atoms with Crippen molar-refractivity contribution >= 4 is 32.6 Å². The number of carbonyl (C=O) groups is 1. The molecule has 6 nitrogen and oxygen atoms in total. The molecule has 3 aromatic rings. The summed E-state index contributed by atoms with van der Waals surface area (Å²) in [5, 5.41) is 0.701. The van der Waals surface area contributed by atoms with Crippen molar-refractivity contribution in [2.24, 2.45) is 0 Å². The van der Waals surface area contributed by atoms with Crippen molar-refractivity contribution in [2.75, 3.05) is 38.7 Å². The molecule has 2 aromatic carbocycles. The molecule has 0 spiro atoms. The number of hydrogen-bond donors (Lipinski definition) is 1. The van der Waals surface area contributed by atoms with Crippen LogP contribution in [0.1, 0.15) is 31.1 Å². The summed E-state index contributed by atoms with van der Waals surface area (Å²) in [6.45, 7) is 7.95. The zero-order valence-electron chi connectivity index (χ0n) is 18.3. The summed E-state index contributed by atoms with van der Waals surface area (Å²) in [6.07, 6.45) is 0.0930. The third-order valence-electron chi connectivity index (χ3n) is 4.44. The Kier molecular flexibility index (Phi) is 7.29. The van der Waals surface area contributed by atoms with Crippen LogP contribution in [0.5, 0.6) is 11.5 Å². The Labute approximate surface area is 182 Å². The van der Waals surface area contributed by atoms with E-state index in [1.54, 1.807) is 4.90 Å². The molecule has 30 heavy (non-hydrogen) atoms. The SMILES string of the molecule is CCOc1ccc2nc(N(CC[NH+](C)C)C(=O)c3ccc(OC(C)C)cc3)sc2c1. The predicted molar refractivity (Wildman–Crippen MR) is 122 cm³/mol. The Balaban J connectivity index is 1.90. The van der Waals surface area contributed by atoms with Crippen molar-refractivity contribution in [3.63, 3.8) is 0 Å². The van der Waals surface area contributed by atoms with Gasteiger partial charge in [0, 0.05) is 5.56 Å². The van der Waals surface area contributed by atoms with Crippen LogP contribution < -0.4 is 19.3 Å². The summed E-state index contributed by atoms with van der Waals surface area (Å²) < 4.78 is 12.3. The Morgan fingerprint density at radius 2 is 1.83 bits per heavy atom. The molecule has 7 heteroatoms. The molecule has 0 saturated carbocycles. The molecule has 0 aliphatic heterocycles. The maximum Gasteiger partial charge on any atom is 0.260 e. The first-order valence-corrected chi connectivity index (χ1v) is 11.1. The minimum Gasteiger partial charge on any atom is -0.494 e. The molecule has 1 N–H and O–H groups in total. The van der Waals surface area contributed by atoms with E-state index in [-0.39, 0.29) is 12.0 Å². The maximum absolute atomic E-state index is 13.4. The standard InChI is InChI=1S/C23H29N3O3S/c1-6-28-19-11-12-20-21(15-19)30-23(24-20)26(14-13-25(4)5)22(27)17-7-9-18(10-8-17)29-16(2)3/h7-12,15-16H,6,13-14H2,1-5H3/p+1. The van der Waals surface area contributed by atoms with Gasteiger partial charge >= 0.3 is 0 Å². The minimum absolute atomic E-state index is 0.0589. The molecule has 1 amide bonds.